The second-order valence-electron chi connectivity index (χ2n) is 7.17. The van der Waals surface area contributed by atoms with Crippen LogP contribution in [0.5, 0.6) is 0 Å². The number of amides is 1. The van der Waals surface area contributed by atoms with Crippen molar-refractivity contribution in [2.24, 2.45) is 0 Å². The summed E-state index contributed by atoms with van der Waals surface area (Å²) >= 11 is 0. The number of nitrogens with one attached hydrogen (secondary N) is 2. The van der Waals surface area contributed by atoms with Crippen LogP contribution in [0.4, 0.5) is 11.5 Å². The van der Waals surface area contributed by atoms with Crippen LogP contribution in [0.15, 0.2) is 84.0 Å². The van der Waals surface area contributed by atoms with Crippen LogP contribution in [0.3, 0.4) is 0 Å². The van der Waals surface area contributed by atoms with E-state index in [-0.39, 0.29) is 16.6 Å². The molecular formula is C23H21N5O3S. The van der Waals surface area contributed by atoms with E-state index >= 15 is 0 Å². The first-order valence-corrected chi connectivity index (χ1v) is 11.3. The minimum Gasteiger partial charge on any atom is -0.324 e. The van der Waals surface area contributed by atoms with Gasteiger partial charge in [0.2, 0.25) is 0 Å². The van der Waals surface area contributed by atoms with Gasteiger partial charge in [-0.2, -0.15) is 0 Å². The number of anilines is 2. The van der Waals surface area contributed by atoms with Crippen molar-refractivity contribution in [1.82, 2.24) is 14.5 Å². The molecule has 0 spiro atoms. The number of carbonyl (C=O) groups is 1. The zero-order valence-electron chi connectivity index (χ0n) is 17.5. The third-order valence-electron chi connectivity index (χ3n) is 4.64. The fraction of sp³-hybridized carbons (Fsp3) is 0.0870. The number of rotatable bonds is 6. The minimum absolute atomic E-state index is 0.0547. The van der Waals surface area contributed by atoms with Crippen molar-refractivity contribution in [2.75, 3.05) is 10.0 Å². The molecule has 2 aromatic carbocycles. The Bertz CT molecular complexity index is 1350. The molecular weight excluding hydrogens is 426 g/mol. The first-order chi connectivity index (χ1) is 15.3. The molecule has 0 aliphatic heterocycles. The summed E-state index contributed by atoms with van der Waals surface area (Å²) in [6, 6.07) is 18.5. The lowest BCUT2D eigenvalue weighted by Crippen LogP contribution is -2.15. The third-order valence-corrected chi connectivity index (χ3v) is 6.01. The van der Waals surface area contributed by atoms with Crippen LogP contribution < -0.4 is 10.0 Å². The second kappa shape index (κ2) is 8.64. The van der Waals surface area contributed by atoms with Crippen molar-refractivity contribution in [2.45, 2.75) is 18.7 Å². The Labute approximate surface area is 186 Å². The molecule has 2 N–H and O–H groups in total. The molecule has 0 aliphatic carbocycles. The molecule has 0 fully saturated rings. The number of aryl methyl sites for hydroxylation is 2. The number of benzene rings is 2. The summed E-state index contributed by atoms with van der Waals surface area (Å²) in [6.07, 6.45) is 3.79. The van der Waals surface area contributed by atoms with Gasteiger partial charge in [0.05, 0.1) is 4.90 Å². The summed E-state index contributed by atoms with van der Waals surface area (Å²) in [6.45, 7) is 3.45. The molecule has 1 amide bonds. The fourth-order valence-corrected chi connectivity index (χ4v) is 4.19. The molecule has 162 valence electrons. The predicted molar refractivity (Wildman–Crippen MR) is 122 cm³/mol. The summed E-state index contributed by atoms with van der Waals surface area (Å²) in [7, 11) is -3.83. The maximum Gasteiger partial charge on any atom is 0.263 e. The van der Waals surface area contributed by atoms with Gasteiger partial charge in [0.15, 0.2) is 0 Å². The molecule has 0 aliphatic rings. The van der Waals surface area contributed by atoms with Gasteiger partial charge in [0.25, 0.3) is 15.9 Å². The van der Waals surface area contributed by atoms with Gasteiger partial charge in [-0.15, -0.1) is 0 Å². The Morgan fingerprint density at radius 2 is 1.62 bits per heavy atom. The highest BCUT2D eigenvalue weighted by atomic mass is 32.2. The summed E-state index contributed by atoms with van der Waals surface area (Å²) in [4.78, 5) is 20.9. The number of nitrogens with zero attached hydrogens (tertiary/aromatic N) is 3. The molecule has 0 saturated heterocycles. The van der Waals surface area contributed by atoms with Crippen LogP contribution in [0.1, 0.15) is 21.9 Å². The van der Waals surface area contributed by atoms with E-state index in [1.165, 1.54) is 12.1 Å². The minimum atomic E-state index is -3.83. The maximum atomic E-state index is 12.7. The van der Waals surface area contributed by atoms with E-state index < -0.39 is 10.0 Å². The molecule has 9 heteroatoms. The average molecular weight is 448 g/mol. The molecule has 4 aromatic rings. The number of carbonyl (C=O) groups excluding carboxylic acids is 1. The number of aromatic nitrogens is 3. The highest BCUT2D eigenvalue weighted by Crippen LogP contribution is 2.19. The van der Waals surface area contributed by atoms with Gasteiger partial charge in [-0.3, -0.25) is 9.52 Å². The molecule has 8 nitrogen and oxygen atoms in total. The van der Waals surface area contributed by atoms with E-state index in [9.17, 15) is 13.2 Å². The molecule has 0 radical (unpaired) electrons. The van der Waals surface area contributed by atoms with Crippen molar-refractivity contribution in [3.63, 3.8) is 0 Å². The van der Waals surface area contributed by atoms with Gasteiger partial charge >= 0.3 is 0 Å². The SMILES string of the molecule is Cc1cc(NS(=O)(=O)c2ccc(NC(=O)c3cccc(-n4cccc4)c3)cc2)nc(C)n1. The number of hydrogen-bond donors (Lipinski definition) is 2. The van der Waals surface area contributed by atoms with E-state index in [1.54, 1.807) is 44.2 Å². The van der Waals surface area contributed by atoms with Gasteiger partial charge in [0.1, 0.15) is 11.6 Å². The fourth-order valence-electron chi connectivity index (χ4n) is 3.20. The predicted octanol–water partition coefficient (Wildman–Crippen LogP) is 3.94. The quantitative estimate of drug-likeness (QED) is 0.466. The van der Waals surface area contributed by atoms with Gasteiger partial charge in [-0.1, -0.05) is 6.07 Å². The Hall–Kier alpha value is -3.98. The van der Waals surface area contributed by atoms with Gasteiger partial charge in [-0.05, 0) is 68.4 Å². The second-order valence-corrected chi connectivity index (χ2v) is 8.85. The normalized spacial score (nSPS) is 11.2. The zero-order chi connectivity index (χ0) is 22.7. The molecule has 0 atom stereocenters. The van der Waals surface area contributed by atoms with Crippen molar-refractivity contribution >= 4 is 27.4 Å². The maximum absolute atomic E-state index is 12.7. The number of hydrogen-bond acceptors (Lipinski definition) is 5. The molecule has 32 heavy (non-hydrogen) atoms. The Morgan fingerprint density at radius 1 is 0.906 bits per heavy atom. The van der Waals surface area contributed by atoms with Crippen LogP contribution in [-0.4, -0.2) is 28.9 Å². The van der Waals surface area contributed by atoms with Crippen molar-refractivity contribution in [1.29, 1.82) is 0 Å². The molecule has 2 heterocycles. The van der Waals surface area contributed by atoms with Crippen molar-refractivity contribution in [3.05, 3.63) is 96.2 Å². The largest absolute Gasteiger partial charge is 0.324 e. The van der Waals surface area contributed by atoms with Crippen molar-refractivity contribution in [3.8, 4) is 5.69 Å². The smallest absolute Gasteiger partial charge is 0.263 e. The summed E-state index contributed by atoms with van der Waals surface area (Å²) in [5.74, 6) is 0.385. The lowest BCUT2D eigenvalue weighted by molar-refractivity contribution is 0.102. The van der Waals surface area contributed by atoms with Crippen LogP contribution >= 0.6 is 0 Å². The molecule has 0 saturated carbocycles. The first-order valence-electron chi connectivity index (χ1n) is 9.80. The van der Waals surface area contributed by atoms with Crippen LogP contribution in [-0.2, 0) is 10.0 Å². The highest BCUT2D eigenvalue weighted by molar-refractivity contribution is 7.92. The van der Waals surface area contributed by atoms with E-state index in [1.807, 2.05) is 41.2 Å². The molecule has 0 unspecified atom stereocenters. The summed E-state index contributed by atoms with van der Waals surface area (Å²) < 4.78 is 29.7. The van der Waals surface area contributed by atoms with Crippen LogP contribution in [0.25, 0.3) is 5.69 Å². The standard InChI is InChI=1S/C23H21N5O3S/c1-16-14-22(25-17(2)24-16)27-32(30,31)21-10-8-19(9-11-21)26-23(29)18-6-5-7-20(15-18)28-12-3-4-13-28/h3-15H,1-2H3,(H,26,29)(H,24,25,27). The lowest BCUT2D eigenvalue weighted by atomic mass is 10.2. The first kappa shape index (κ1) is 21.3. The monoisotopic (exact) mass is 447 g/mol. The van der Waals surface area contributed by atoms with Gasteiger partial charge in [-0.25, -0.2) is 18.4 Å². The topological polar surface area (TPSA) is 106 Å². The van der Waals surface area contributed by atoms with Crippen LogP contribution in [0, 0.1) is 13.8 Å². The van der Waals surface area contributed by atoms with Crippen molar-refractivity contribution < 1.29 is 13.2 Å². The molecule has 4 rings (SSSR count). The summed E-state index contributed by atoms with van der Waals surface area (Å²) in [5.41, 5.74) is 2.50. The van der Waals surface area contributed by atoms with Gasteiger partial charge in [0, 0.05) is 41.1 Å². The Kier molecular flexibility index (Phi) is 5.74. The highest BCUT2D eigenvalue weighted by Gasteiger charge is 2.16. The Balaban J connectivity index is 1.48. The molecule has 2 aromatic heterocycles. The van der Waals surface area contributed by atoms with E-state index in [4.69, 9.17) is 0 Å². The molecule has 0 bridgehead atoms. The van der Waals surface area contributed by atoms with Gasteiger partial charge < -0.3 is 9.88 Å². The Morgan fingerprint density at radius 3 is 2.31 bits per heavy atom. The third kappa shape index (κ3) is 4.84. The zero-order valence-corrected chi connectivity index (χ0v) is 18.3. The average Bonchev–Trinajstić information content (AvgIpc) is 3.28. The van der Waals surface area contributed by atoms with Crippen LogP contribution in [0.2, 0.25) is 0 Å². The summed E-state index contributed by atoms with van der Waals surface area (Å²) in [5, 5.41) is 2.79. The van der Waals surface area contributed by atoms with E-state index in [0.29, 0.717) is 22.8 Å². The van der Waals surface area contributed by atoms with E-state index in [0.717, 1.165) is 5.69 Å². The van der Waals surface area contributed by atoms with E-state index in [2.05, 4.69) is 20.0 Å². The number of sulfonamides is 1. The lowest BCUT2D eigenvalue weighted by Gasteiger charge is -2.10.